The zero-order valence-electron chi connectivity index (χ0n) is 22.0. The van der Waals surface area contributed by atoms with E-state index < -0.39 is 0 Å². The maximum atomic E-state index is 12.0. The highest BCUT2D eigenvalue weighted by atomic mass is 16.5. The van der Waals surface area contributed by atoms with Crippen molar-refractivity contribution in [2.24, 2.45) is 5.92 Å². The molecule has 1 amide bonds. The maximum Gasteiger partial charge on any atom is 0.227 e. The van der Waals surface area contributed by atoms with Gasteiger partial charge in [-0.1, -0.05) is 32.0 Å². The Morgan fingerprint density at radius 2 is 1.57 bits per heavy atom. The third kappa shape index (κ3) is 7.07. The fourth-order valence-corrected chi connectivity index (χ4v) is 3.43. The number of benzene rings is 3. The predicted octanol–water partition coefficient (Wildman–Crippen LogP) is 6.82. The molecule has 0 fully saturated rings. The molecule has 0 atom stereocenters. The summed E-state index contributed by atoms with van der Waals surface area (Å²) < 4.78 is 16.0. The molecular weight excluding hydrogens is 468 g/mol. The third-order valence-electron chi connectivity index (χ3n) is 5.52. The van der Waals surface area contributed by atoms with Crippen molar-refractivity contribution in [2.45, 2.75) is 27.7 Å². The largest absolute Gasteiger partial charge is 0.497 e. The molecule has 1 N–H and O–H groups in total. The number of oxazole rings is 1. The minimum Gasteiger partial charge on any atom is -0.497 e. The minimum absolute atomic E-state index is 0.0480. The van der Waals surface area contributed by atoms with Crippen LogP contribution in [0.1, 0.15) is 36.8 Å². The number of Topliss-reactive ketones (excluding diaryl/α,β-unsaturated/α-hetero) is 1. The monoisotopic (exact) mass is 500 g/mol. The van der Waals surface area contributed by atoms with E-state index in [1.54, 1.807) is 38.5 Å². The summed E-state index contributed by atoms with van der Waals surface area (Å²) in [6, 6.07) is 22.3. The van der Waals surface area contributed by atoms with E-state index in [-0.39, 0.29) is 17.6 Å². The van der Waals surface area contributed by atoms with Crippen LogP contribution in [-0.2, 0) is 4.79 Å². The molecule has 3 aromatic carbocycles. The Bertz CT molecular complexity index is 1340. The zero-order chi connectivity index (χ0) is 26.9. The first-order valence-electron chi connectivity index (χ1n) is 11.9. The number of aromatic nitrogens is 1. The van der Waals surface area contributed by atoms with Gasteiger partial charge in [-0.25, -0.2) is 4.98 Å². The van der Waals surface area contributed by atoms with Crippen LogP contribution >= 0.6 is 0 Å². The Morgan fingerprint density at radius 3 is 2.11 bits per heavy atom. The fraction of sp³-hybridized carbons (Fsp3) is 0.233. The summed E-state index contributed by atoms with van der Waals surface area (Å²) in [5.41, 5.74) is 3.61. The standard InChI is InChI=1S/C21H20N2O3.C9H12O2/c1-13(2)20(25)22-17-11-9-15(10-12-17)19-18(14(3)24)23-21(26-19)16-7-5-4-6-8-16;1-7-6-8(10-2)4-5-9(7)11-3/h4-13H,1-3H3,(H,22,25);4-6H,1-3H3. The van der Waals surface area contributed by atoms with Gasteiger partial charge in [0.25, 0.3) is 0 Å². The first-order chi connectivity index (χ1) is 17.7. The Labute approximate surface area is 217 Å². The van der Waals surface area contributed by atoms with Crippen molar-refractivity contribution in [1.82, 2.24) is 4.98 Å². The number of carbonyl (C=O) groups is 2. The molecule has 0 radical (unpaired) electrons. The van der Waals surface area contributed by atoms with Crippen molar-refractivity contribution in [3.63, 3.8) is 0 Å². The van der Waals surface area contributed by atoms with Gasteiger partial charge in [0.05, 0.1) is 14.2 Å². The van der Waals surface area contributed by atoms with E-state index in [2.05, 4.69) is 10.3 Å². The number of ketones is 1. The van der Waals surface area contributed by atoms with Crippen LogP contribution in [0.2, 0.25) is 0 Å². The molecule has 4 aromatic rings. The summed E-state index contributed by atoms with van der Waals surface area (Å²) in [5.74, 6) is 2.29. The lowest BCUT2D eigenvalue weighted by Crippen LogP contribution is -2.17. The lowest BCUT2D eigenvalue weighted by atomic mass is 10.1. The molecular formula is C30H32N2O5. The van der Waals surface area contributed by atoms with E-state index in [9.17, 15) is 9.59 Å². The predicted molar refractivity (Wildman–Crippen MR) is 145 cm³/mol. The number of amides is 1. The van der Waals surface area contributed by atoms with Gasteiger partial charge < -0.3 is 19.2 Å². The summed E-state index contributed by atoms with van der Waals surface area (Å²) in [4.78, 5) is 28.1. The van der Waals surface area contributed by atoms with Gasteiger partial charge in [0.1, 0.15) is 11.5 Å². The van der Waals surface area contributed by atoms with Crippen LogP contribution in [-0.4, -0.2) is 30.9 Å². The number of aryl methyl sites for hydroxylation is 1. The lowest BCUT2D eigenvalue weighted by Gasteiger charge is -2.08. The number of nitrogens with one attached hydrogen (secondary N) is 1. The highest BCUT2D eigenvalue weighted by Gasteiger charge is 2.19. The molecule has 7 heteroatoms. The van der Waals surface area contributed by atoms with Crippen LogP contribution in [0.4, 0.5) is 5.69 Å². The van der Waals surface area contributed by atoms with Crippen LogP contribution in [0.5, 0.6) is 11.5 Å². The summed E-state index contributed by atoms with van der Waals surface area (Å²) in [6.45, 7) is 7.12. The fourth-order valence-electron chi connectivity index (χ4n) is 3.43. The van der Waals surface area contributed by atoms with Crippen LogP contribution in [0, 0.1) is 12.8 Å². The topological polar surface area (TPSA) is 90.7 Å². The van der Waals surface area contributed by atoms with Crippen molar-refractivity contribution in [1.29, 1.82) is 0 Å². The van der Waals surface area contributed by atoms with Gasteiger partial charge in [0.15, 0.2) is 17.2 Å². The van der Waals surface area contributed by atoms with Gasteiger partial charge in [-0.3, -0.25) is 9.59 Å². The molecule has 192 valence electrons. The van der Waals surface area contributed by atoms with Crippen molar-refractivity contribution in [3.05, 3.63) is 84.1 Å². The Morgan fingerprint density at radius 1 is 0.892 bits per heavy atom. The normalized spacial score (nSPS) is 10.4. The molecule has 0 unspecified atom stereocenters. The maximum absolute atomic E-state index is 12.0. The highest BCUT2D eigenvalue weighted by Crippen LogP contribution is 2.31. The quantitative estimate of drug-likeness (QED) is 0.280. The number of carbonyl (C=O) groups excluding carboxylic acids is 2. The van der Waals surface area contributed by atoms with E-state index in [1.807, 2.05) is 69.3 Å². The second kappa shape index (κ2) is 12.5. The number of hydrogen-bond acceptors (Lipinski definition) is 6. The van der Waals surface area contributed by atoms with Crippen molar-refractivity contribution in [3.8, 4) is 34.3 Å². The van der Waals surface area contributed by atoms with Crippen LogP contribution < -0.4 is 14.8 Å². The molecule has 37 heavy (non-hydrogen) atoms. The molecule has 0 saturated carbocycles. The first-order valence-corrected chi connectivity index (χ1v) is 11.9. The van der Waals surface area contributed by atoms with Gasteiger partial charge in [0.2, 0.25) is 11.8 Å². The molecule has 7 nitrogen and oxygen atoms in total. The molecule has 1 aromatic heterocycles. The number of hydrogen-bond donors (Lipinski definition) is 1. The summed E-state index contributed by atoms with van der Waals surface area (Å²) in [6.07, 6.45) is 0. The number of rotatable bonds is 7. The van der Waals surface area contributed by atoms with Crippen molar-refractivity contribution < 1.29 is 23.5 Å². The number of nitrogens with zero attached hydrogens (tertiary/aromatic N) is 1. The summed E-state index contributed by atoms with van der Waals surface area (Å²) >= 11 is 0. The van der Waals surface area contributed by atoms with E-state index in [4.69, 9.17) is 13.9 Å². The Balaban J connectivity index is 0.000000289. The van der Waals surface area contributed by atoms with E-state index in [0.717, 1.165) is 28.2 Å². The highest BCUT2D eigenvalue weighted by molar-refractivity contribution is 5.98. The van der Waals surface area contributed by atoms with Crippen LogP contribution in [0.25, 0.3) is 22.8 Å². The summed E-state index contributed by atoms with van der Waals surface area (Å²) in [7, 11) is 3.32. The van der Waals surface area contributed by atoms with Crippen molar-refractivity contribution in [2.75, 3.05) is 19.5 Å². The third-order valence-corrected chi connectivity index (χ3v) is 5.52. The summed E-state index contributed by atoms with van der Waals surface area (Å²) in [5, 5.41) is 2.84. The molecule has 4 rings (SSSR count). The van der Waals surface area contributed by atoms with Crippen molar-refractivity contribution >= 4 is 17.4 Å². The number of ether oxygens (including phenoxy) is 2. The van der Waals surface area contributed by atoms with E-state index >= 15 is 0 Å². The second-order valence-corrected chi connectivity index (χ2v) is 8.68. The molecule has 0 spiro atoms. The minimum atomic E-state index is -0.164. The van der Waals surface area contributed by atoms with Gasteiger partial charge >= 0.3 is 0 Å². The number of methoxy groups -OCH3 is 2. The molecule has 0 aliphatic heterocycles. The average Bonchev–Trinajstić information content (AvgIpc) is 3.36. The van der Waals surface area contributed by atoms with Gasteiger partial charge in [-0.2, -0.15) is 0 Å². The van der Waals surface area contributed by atoms with Gasteiger partial charge in [-0.15, -0.1) is 0 Å². The van der Waals surface area contributed by atoms with E-state index in [1.165, 1.54) is 6.92 Å². The van der Waals surface area contributed by atoms with Crippen LogP contribution in [0.3, 0.4) is 0 Å². The lowest BCUT2D eigenvalue weighted by molar-refractivity contribution is -0.118. The smallest absolute Gasteiger partial charge is 0.227 e. The van der Waals surface area contributed by atoms with Gasteiger partial charge in [-0.05, 0) is 67.1 Å². The average molecular weight is 501 g/mol. The molecule has 0 saturated heterocycles. The van der Waals surface area contributed by atoms with Gasteiger partial charge in [0, 0.05) is 29.7 Å². The zero-order valence-corrected chi connectivity index (χ0v) is 22.0. The first kappa shape index (κ1) is 27.2. The second-order valence-electron chi connectivity index (χ2n) is 8.68. The Hall–Kier alpha value is -4.39. The molecule has 0 aliphatic carbocycles. The molecule has 0 aliphatic rings. The molecule has 0 bridgehead atoms. The van der Waals surface area contributed by atoms with Crippen LogP contribution in [0.15, 0.2) is 77.2 Å². The molecule has 1 heterocycles. The Kier molecular flexibility index (Phi) is 9.21. The van der Waals surface area contributed by atoms with E-state index in [0.29, 0.717) is 23.0 Å². The SMILES string of the molecule is CC(=O)c1nc(-c2ccccc2)oc1-c1ccc(NC(=O)C(C)C)cc1.COc1ccc(OC)c(C)c1. The number of anilines is 1.